The standard InChI is InChI=1S/C17H25N3O2/c1-12-7-9-20(10-8-12)17(22)14-3-5-15(6-4-14)19-16(21)13(2)11-18/h3-6,12-13H,7-11,18H2,1-2H3,(H,19,21). The van der Waals surface area contributed by atoms with Gasteiger partial charge in [0.05, 0.1) is 0 Å². The van der Waals surface area contributed by atoms with Crippen LogP contribution in [0.2, 0.25) is 0 Å². The number of nitrogens with zero attached hydrogens (tertiary/aromatic N) is 1. The first-order valence-electron chi connectivity index (χ1n) is 7.91. The number of piperidine rings is 1. The lowest BCUT2D eigenvalue weighted by Crippen LogP contribution is -2.37. The van der Waals surface area contributed by atoms with Gasteiger partial charge in [0.15, 0.2) is 0 Å². The predicted octanol–water partition coefficient (Wildman–Crippen LogP) is 2.09. The van der Waals surface area contributed by atoms with Crippen LogP contribution in [0.4, 0.5) is 5.69 Å². The summed E-state index contributed by atoms with van der Waals surface area (Å²) in [4.78, 5) is 26.1. The first-order valence-corrected chi connectivity index (χ1v) is 7.91. The largest absolute Gasteiger partial charge is 0.339 e. The molecule has 1 aromatic carbocycles. The van der Waals surface area contributed by atoms with Crippen molar-refractivity contribution >= 4 is 17.5 Å². The Morgan fingerprint density at radius 2 is 1.86 bits per heavy atom. The SMILES string of the molecule is CC1CCN(C(=O)c2ccc(NC(=O)C(C)CN)cc2)CC1. The number of carbonyl (C=O) groups excluding carboxylic acids is 2. The van der Waals surface area contributed by atoms with Crippen molar-refractivity contribution in [1.82, 2.24) is 4.90 Å². The second-order valence-electron chi connectivity index (χ2n) is 6.18. The molecule has 5 nitrogen and oxygen atoms in total. The summed E-state index contributed by atoms with van der Waals surface area (Å²) in [6, 6.07) is 7.06. The molecule has 2 amide bonds. The molecule has 1 atom stereocenters. The first kappa shape index (κ1) is 16.5. The van der Waals surface area contributed by atoms with E-state index in [4.69, 9.17) is 5.73 Å². The molecule has 1 aromatic rings. The van der Waals surface area contributed by atoms with Gasteiger partial charge in [-0.3, -0.25) is 9.59 Å². The van der Waals surface area contributed by atoms with Crippen molar-refractivity contribution in [3.63, 3.8) is 0 Å². The van der Waals surface area contributed by atoms with Gasteiger partial charge in [-0.2, -0.15) is 0 Å². The van der Waals surface area contributed by atoms with Crippen LogP contribution in [0.3, 0.4) is 0 Å². The van der Waals surface area contributed by atoms with Crippen LogP contribution in [0.1, 0.15) is 37.0 Å². The summed E-state index contributed by atoms with van der Waals surface area (Å²) >= 11 is 0. The molecule has 0 aromatic heterocycles. The van der Waals surface area contributed by atoms with E-state index in [1.54, 1.807) is 31.2 Å². The Morgan fingerprint density at radius 1 is 1.27 bits per heavy atom. The van der Waals surface area contributed by atoms with Crippen LogP contribution in [0, 0.1) is 11.8 Å². The number of nitrogens with one attached hydrogen (secondary N) is 1. The van der Waals surface area contributed by atoms with Gasteiger partial charge < -0.3 is 16.0 Å². The highest BCUT2D eigenvalue weighted by Gasteiger charge is 2.21. The molecule has 0 bridgehead atoms. The molecular formula is C17H25N3O2. The zero-order valence-electron chi connectivity index (χ0n) is 13.3. The zero-order valence-corrected chi connectivity index (χ0v) is 13.3. The Morgan fingerprint density at radius 3 is 2.41 bits per heavy atom. The molecule has 0 aliphatic carbocycles. The lowest BCUT2D eigenvalue weighted by atomic mass is 9.98. The molecule has 5 heteroatoms. The van der Waals surface area contributed by atoms with Gasteiger partial charge in [-0.25, -0.2) is 0 Å². The number of likely N-dealkylation sites (tertiary alicyclic amines) is 1. The van der Waals surface area contributed by atoms with Crippen LogP contribution < -0.4 is 11.1 Å². The molecule has 1 aliphatic rings. The molecule has 1 saturated heterocycles. The molecule has 3 N–H and O–H groups in total. The van der Waals surface area contributed by atoms with Crippen LogP contribution in [-0.4, -0.2) is 36.3 Å². The molecule has 1 aliphatic heterocycles. The van der Waals surface area contributed by atoms with Crippen molar-refractivity contribution < 1.29 is 9.59 Å². The minimum Gasteiger partial charge on any atom is -0.339 e. The van der Waals surface area contributed by atoms with Crippen LogP contribution in [-0.2, 0) is 4.79 Å². The fourth-order valence-corrected chi connectivity index (χ4v) is 2.46. The predicted molar refractivity (Wildman–Crippen MR) is 87.6 cm³/mol. The van der Waals surface area contributed by atoms with Gasteiger partial charge in [-0.1, -0.05) is 13.8 Å². The zero-order chi connectivity index (χ0) is 16.1. The van der Waals surface area contributed by atoms with E-state index in [2.05, 4.69) is 12.2 Å². The van der Waals surface area contributed by atoms with Crippen LogP contribution >= 0.6 is 0 Å². The summed E-state index contributed by atoms with van der Waals surface area (Å²) in [5.74, 6) is 0.439. The van der Waals surface area contributed by atoms with Crippen molar-refractivity contribution in [2.75, 3.05) is 25.0 Å². The maximum Gasteiger partial charge on any atom is 0.253 e. The lowest BCUT2D eigenvalue weighted by molar-refractivity contribution is -0.119. The van der Waals surface area contributed by atoms with Crippen molar-refractivity contribution in [3.05, 3.63) is 29.8 Å². The van der Waals surface area contributed by atoms with E-state index in [-0.39, 0.29) is 17.7 Å². The summed E-state index contributed by atoms with van der Waals surface area (Å²) in [6.07, 6.45) is 2.13. The Hall–Kier alpha value is -1.88. The van der Waals surface area contributed by atoms with E-state index >= 15 is 0 Å². The highest BCUT2D eigenvalue weighted by molar-refractivity contribution is 5.96. The number of hydrogen-bond acceptors (Lipinski definition) is 3. The fraction of sp³-hybridized carbons (Fsp3) is 0.529. The van der Waals surface area contributed by atoms with Crippen LogP contribution in [0.15, 0.2) is 24.3 Å². The van der Waals surface area contributed by atoms with E-state index in [1.165, 1.54) is 0 Å². The maximum absolute atomic E-state index is 12.4. The second-order valence-corrected chi connectivity index (χ2v) is 6.18. The van der Waals surface area contributed by atoms with Gasteiger partial charge >= 0.3 is 0 Å². The molecular weight excluding hydrogens is 278 g/mol. The van der Waals surface area contributed by atoms with E-state index in [9.17, 15) is 9.59 Å². The third-order valence-corrected chi connectivity index (χ3v) is 4.27. The van der Waals surface area contributed by atoms with Gasteiger partial charge in [0.25, 0.3) is 5.91 Å². The van der Waals surface area contributed by atoms with Crippen molar-refractivity contribution in [2.24, 2.45) is 17.6 Å². The molecule has 1 fully saturated rings. The monoisotopic (exact) mass is 303 g/mol. The summed E-state index contributed by atoms with van der Waals surface area (Å²) < 4.78 is 0. The number of carbonyl (C=O) groups is 2. The Kier molecular flexibility index (Phi) is 5.55. The molecule has 2 rings (SSSR count). The van der Waals surface area contributed by atoms with Gasteiger partial charge in [0, 0.05) is 36.8 Å². The quantitative estimate of drug-likeness (QED) is 0.894. The van der Waals surface area contributed by atoms with Crippen molar-refractivity contribution in [3.8, 4) is 0 Å². The van der Waals surface area contributed by atoms with Crippen molar-refractivity contribution in [2.45, 2.75) is 26.7 Å². The molecule has 0 spiro atoms. The third kappa shape index (κ3) is 4.07. The van der Waals surface area contributed by atoms with E-state index in [0.29, 0.717) is 23.7 Å². The molecule has 0 radical (unpaired) electrons. The highest BCUT2D eigenvalue weighted by Crippen LogP contribution is 2.19. The van der Waals surface area contributed by atoms with E-state index < -0.39 is 0 Å². The van der Waals surface area contributed by atoms with Crippen LogP contribution in [0.5, 0.6) is 0 Å². The smallest absolute Gasteiger partial charge is 0.253 e. The fourth-order valence-electron chi connectivity index (χ4n) is 2.46. The topological polar surface area (TPSA) is 75.4 Å². The number of benzene rings is 1. The molecule has 1 unspecified atom stereocenters. The van der Waals surface area contributed by atoms with Gasteiger partial charge in [0.1, 0.15) is 0 Å². The number of hydrogen-bond donors (Lipinski definition) is 2. The number of anilines is 1. The van der Waals surface area contributed by atoms with Crippen LogP contribution in [0.25, 0.3) is 0 Å². The Bertz CT molecular complexity index is 519. The van der Waals surface area contributed by atoms with E-state index in [1.807, 2.05) is 4.90 Å². The molecule has 0 saturated carbocycles. The maximum atomic E-state index is 12.4. The lowest BCUT2D eigenvalue weighted by Gasteiger charge is -2.30. The number of rotatable bonds is 4. The normalized spacial score (nSPS) is 17.1. The Balaban J connectivity index is 1.96. The first-order chi connectivity index (χ1) is 10.5. The van der Waals surface area contributed by atoms with Gasteiger partial charge in [-0.15, -0.1) is 0 Å². The summed E-state index contributed by atoms with van der Waals surface area (Å²) in [7, 11) is 0. The van der Waals surface area contributed by atoms with Crippen molar-refractivity contribution in [1.29, 1.82) is 0 Å². The summed E-state index contributed by atoms with van der Waals surface area (Å²) in [6.45, 7) is 5.97. The van der Waals surface area contributed by atoms with Gasteiger partial charge in [0.2, 0.25) is 5.91 Å². The highest BCUT2D eigenvalue weighted by atomic mass is 16.2. The second kappa shape index (κ2) is 7.40. The molecule has 120 valence electrons. The minimum absolute atomic E-state index is 0.0695. The summed E-state index contributed by atoms with van der Waals surface area (Å²) in [5, 5.41) is 2.80. The average molecular weight is 303 g/mol. The Labute approximate surface area is 131 Å². The number of nitrogens with two attached hydrogens (primary N) is 1. The minimum atomic E-state index is -0.225. The van der Waals surface area contributed by atoms with E-state index in [0.717, 1.165) is 25.9 Å². The average Bonchev–Trinajstić information content (AvgIpc) is 2.54. The summed E-state index contributed by atoms with van der Waals surface area (Å²) in [5.41, 5.74) is 6.83. The molecule has 1 heterocycles. The number of amides is 2. The molecule has 22 heavy (non-hydrogen) atoms. The third-order valence-electron chi connectivity index (χ3n) is 4.27. The van der Waals surface area contributed by atoms with Gasteiger partial charge in [-0.05, 0) is 43.0 Å².